The zero-order chi connectivity index (χ0) is 13.8. The average molecular weight is 256 g/mol. The molecule has 0 aromatic heterocycles. The smallest absolute Gasteiger partial charge is 0.338 e. The second-order valence-electron chi connectivity index (χ2n) is 4.30. The molecule has 19 heavy (non-hydrogen) atoms. The first kappa shape index (κ1) is 13.1. The Bertz CT molecular complexity index is 585. The lowest BCUT2D eigenvalue weighted by Crippen LogP contribution is -2.04. The van der Waals surface area contributed by atoms with Crippen LogP contribution < -0.4 is 0 Å². The minimum atomic E-state index is -0.318. The zero-order valence-corrected chi connectivity index (χ0v) is 11.0. The van der Waals surface area contributed by atoms with Gasteiger partial charge in [0.1, 0.15) is 5.75 Å². The third-order valence-electron chi connectivity index (χ3n) is 2.93. The maximum absolute atomic E-state index is 11.6. The molecule has 0 aliphatic carbocycles. The molecule has 0 aliphatic heterocycles. The summed E-state index contributed by atoms with van der Waals surface area (Å²) in [7, 11) is 0. The number of rotatable bonds is 3. The maximum Gasteiger partial charge on any atom is 0.338 e. The molecule has 0 atom stereocenters. The summed E-state index contributed by atoms with van der Waals surface area (Å²) in [4.78, 5) is 11.6. The van der Waals surface area contributed by atoms with Crippen LogP contribution in [0.25, 0.3) is 11.1 Å². The fraction of sp³-hybridized carbons (Fsp3) is 0.188. The lowest BCUT2D eigenvalue weighted by molar-refractivity contribution is 0.0526. The van der Waals surface area contributed by atoms with Crippen LogP contribution in [0.3, 0.4) is 0 Å². The summed E-state index contributed by atoms with van der Waals surface area (Å²) in [5, 5.41) is 9.54. The number of carbonyl (C=O) groups excluding carboxylic acids is 1. The van der Waals surface area contributed by atoms with Crippen molar-refractivity contribution in [2.45, 2.75) is 13.8 Å². The number of esters is 1. The van der Waals surface area contributed by atoms with E-state index in [-0.39, 0.29) is 11.7 Å². The molecule has 0 heterocycles. The zero-order valence-electron chi connectivity index (χ0n) is 11.0. The van der Waals surface area contributed by atoms with Gasteiger partial charge in [0, 0.05) is 0 Å². The predicted octanol–water partition coefficient (Wildman–Crippen LogP) is 3.54. The summed E-state index contributed by atoms with van der Waals surface area (Å²) >= 11 is 0. The Morgan fingerprint density at radius 3 is 2.47 bits per heavy atom. The molecule has 2 rings (SSSR count). The molecule has 2 aromatic carbocycles. The van der Waals surface area contributed by atoms with E-state index in [4.69, 9.17) is 4.74 Å². The summed E-state index contributed by atoms with van der Waals surface area (Å²) in [5.41, 5.74) is 3.52. The standard InChI is InChI=1S/C16H16O3/c1-3-19-16(18)13-7-5-12(6-8-13)15-10-14(17)9-4-11(15)2/h4-10,17H,3H2,1-2H3. The molecule has 0 bridgehead atoms. The van der Waals surface area contributed by atoms with Crippen LogP contribution in [0, 0.1) is 6.92 Å². The first-order chi connectivity index (χ1) is 9.11. The molecule has 0 unspecified atom stereocenters. The minimum Gasteiger partial charge on any atom is -0.508 e. The number of benzene rings is 2. The number of carbonyl (C=O) groups is 1. The van der Waals surface area contributed by atoms with Crippen molar-refractivity contribution in [1.29, 1.82) is 0 Å². The first-order valence-electron chi connectivity index (χ1n) is 6.19. The van der Waals surface area contributed by atoms with Crippen molar-refractivity contribution in [3.8, 4) is 16.9 Å². The molecule has 0 radical (unpaired) electrons. The lowest BCUT2D eigenvalue weighted by atomic mass is 9.99. The van der Waals surface area contributed by atoms with Crippen molar-refractivity contribution in [3.63, 3.8) is 0 Å². The fourth-order valence-electron chi connectivity index (χ4n) is 1.92. The van der Waals surface area contributed by atoms with E-state index in [1.54, 1.807) is 31.2 Å². The predicted molar refractivity (Wildman–Crippen MR) is 74.2 cm³/mol. The highest BCUT2D eigenvalue weighted by Crippen LogP contribution is 2.27. The fourth-order valence-corrected chi connectivity index (χ4v) is 1.92. The van der Waals surface area contributed by atoms with Crippen LogP contribution in [-0.4, -0.2) is 17.7 Å². The van der Waals surface area contributed by atoms with Crippen LogP contribution in [0.1, 0.15) is 22.8 Å². The molecule has 0 spiro atoms. The van der Waals surface area contributed by atoms with E-state index >= 15 is 0 Å². The first-order valence-corrected chi connectivity index (χ1v) is 6.19. The van der Waals surface area contributed by atoms with Gasteiger partial charge in [-0.15, -0.1) is 0 Å². The summed E-state index contributed by atoms with van der Waals surface area (Å²) in [6, 6.07) is 12.4. The number of phenols is 1. The molecule has 1 N–H and O–H groups in total. The number of hydrogen-bond donors (Lipinski definition) is 1. The number of aryl methyl sites for hydroxylation is 1. The van der Waals surface area contributed by atoms with E-state index in [1.165, 1.54) is 0 Å². The van der Waals surface area contributed by atoms with E-state index in [0.29, 0.717) is 12.2 Å². The van der Waals surface area contributed by atoms with Crippen LogP contribution in [0.4, 0.5) is 0 Å². The molecule has 98 valence electrons. The number of aromatic hydroxyl groups is 1. The molecule has 0 saturated carbocycles. The maximum atomic E-state index is 11.6. The SMILES string of the molecule is CCOC(=O)c1ccc(-c2cc(O)ccc2C)cc1. The summed E-state index contributed by atoms with van der Waals surface area (Å²) in [5.74, 6) is -0.0863. The van der Waals surface area contributed by atoms with Gasteiger partial charge in [0.05, 0.1) is 12.2 Å². The summed E-state index contributed by atoms with van der Waals surface area (Å²) in [6.07, 6.45) is 0. The number of ether oxygens (including phenoxy) is 1. The largest absolute Gasteiger partial charge is 0.508 e. The van der Waals surface area contributed by atoms with Gasteiger partial charge in [0.25, 0.3) is 0 Å². The van der Waals surface area contributed by atoms with Gasteiger partial charge in [-0.3, -0.25) is 0 Å². The topological polar surface area (TPSA) is 46.5 Å². The summed E-state index contributed by atoms with van der Waals surface area (Å²) < 4.78 is 4.94. The highest BCUT2D eigenvalue weighted by atomic mass is 16.5. The molecular weight excluding hydrogens is 240 g/mol. The third-order valence-corrected chi connectivity index (χ3v) is 2.93. The van der Waals surface area contributed by atoms with Gasteiger partial charge < -0.3 is 9.84 Å². The van der Waals surface area contributed by atoms with Gasteiger partial charge in [-0.2, -0.15) is 0 Å². The Morgan fingerprint density at radius 2 is 1.84 bits per heavy atom. The average Bonchev–Trinajstić information content (AvgIpc) is 2.42. The molecule has 0 amide bonds. The van der Waals surface area contributed by atoms with Crippen LogP contribution >= 0.6 is 0 Å². The van der Waals surface area contributed by atoms with Crippen LogP contribution in [-0.2, 0) is 4.74 Å². The quantitative estimate of drug-likeness (QED) is 0.854. The van der Waals surface area contributed by atoms with Crippen LogP contribution in [0.2, 0.25) is 0 Å². The van der Waals surface area contributed by atoms with E-state index in [9.17, 15) is 9.90 Å². The number of hydrogen-bond acceptors (Lipinski definition) is 3. The Hall–Kier alpha value is -2.29. The third kappa shape index (κ3) is 2.94. The van der Waals surface area contributed by atoms with Gasteiger partial charge in [-0.1, -0.05) is 18.2 Å². The Kier molecular flexibility index (Phi) is 3.85. The van der Waals surface area contributed by atoms with E-state index < -0.39 is 0 Å². The van der Waals surface area contributed by atoms with Crippen molar-refractivity contribution >= 4 is 5.97 Å². The monoisotopic (exact) mass is 256 g/mol. The second kappa shape index (κ2) is 5.57. The van der Waals surface area contributed by atoms with E-state index in [0.717, 1.165) is 16.7 Å². The lowest BCUT2D eigenvalue weighted by Gasteiger charge is -2.08. The van der Waals surface area contributed by atoms with Crippen molar-refractivity contribution in [2.75, 3.05) is 6.61 Å². The molecule has 3 nitrogen and oxygen atoms in total. The Labute approximate surface area is 112 Å². The Morgan fingerprint density at radius 1 is 1.16 bits per heavy atom. The molecule has 0 aliphatic rings. The van der Waals surface area contributed by atoms with Crippen molar-refractivity contribution in [3.05, 3.63) is 53.6 Å². The van der Waals surface area contributed by atoms with Gasteiger partial charge in [0.2, 0.25) is 0 Å². The van der Waals surface area contributed by atoms with Gasteiger partial charge in [-0.05, 0) is 54.8 Å². The van der Waals surface area contributed by atoms with Crippen molar-refractivity contribution in [2.24, 2.45) is 0 Å². The molecule has 3 heteroatoms. The second-order valence-corrected chi connectivity index (χ2v) is 4.30. The molecule has 0 saturated heterocycles. The summed E-state index contributed by atoms with van der Waals surface area (Å²) in [6.45, 7) is 4.13. The van der Waals surface area contributed by atoms with E-state index in [1.807, 2.05) is 25.1 Å². The highest BCUT2D eigenvalue weighted by molar-refractivity contribution is 5.90. The van der Waals surface area contributed by atoms with Crippen molar-refractivity contribution < 1.29 is 14.6 Å². The van der Waals surface area contributed by atoms with Crippen LogP contribution in [0.15, 0.2) is 42.5 Å². The van der Waals surface area contributed by atoms with Gasteiger partial charge >= 0.3 is 5.97 Å². The van der Waals surface area contributed by atoms with E-state index in [2.05, 4.69) is 0 Å². The van der Waals surface area contributed by atoms with Crippen LogP contribution in [0.5, 0.6) is 5.75 Å². The normalized spacial score (nSPS) is 10.2. The molecule has 0 fully saturated rings. The van der Waals surface area contributed by atoms with Gasteiger partial charge in [0.15, 0.2) is 0 Å². The van der Waals surface area contributed by atoms with Crippen molar-refractivity contribution in [1.82, 2.24) is 0 Å². The number of phenolic OH excluding ortho intramolecular Hbond substituents is 1. The van der Waals surface area contributed by atoms with Gasteiger partial charge in [-0.25, -0.2) is 4.79 Å². The Balaban J connectivity index is 2.32. The molecule has 2 aromatic rings. The molecular formula is C16H16O3. The highest BCUT2D eigenvalue weighted by Gasteiger charge is 2.07. The minimum absolute atomic E-state index is 0.232.